The van der Waals surface area contributed by atoms with Crippen LogP contribution in [0.2, 0.25) is 0 Å². The summed E-state index contributed by atoms with van der Waals surface area (Å²) in [5.41, 5.74) is 0. The van der Waals surface area contributed by atoms with Gasteiger partial charge in [0.05, 0.1) is 6.54 Å². The predicted molar refractivity (Wildman–Crippen MR) is 57.8 cm³/mol. The summed E-state index contributed by atoms with van der Waals surface area (Å²) in [6.07, 6.45) is 11.7. The van der Waals surface area contributed by atoms with Crippen molar-refractivity contribution >= 4 is 0 Å². The Labute approximate surface area is 81.4 Å². The Kier molecular flexibility index (Phi) is 10.8. The SMILES string of the molecule is C=CCCCCCCCCCN=O. The fraction of sp³-hybridized carbons (Fsp3) is 0.818. The van der Waals surface area contributed by atoms with Gasteiger partial charge in [0.15, 0.2) is 0 Å². The summed E-state index contributed by atoms with van der Waals surface area (Å²) in [5.74, 6) is 0. The van der Waals surface area contributed by atoms with E-state index in [9.17, 15) is 4.91 Å². The van der Waals surface area contributed by atoms with Gasteiger partial charge in [-0.3, -0.25) is 0 Å². The average Bonchev–Trinajstić information content (AvgIpc) is 2.16. The molecule has 0 saturated carbocycles. The molecule has 0 aromatic rings. The summed E-state index contributed by atoms with van der Waals surface area (Å²) in [5, 5.41) is 2.83. The molecule has 0 aliphatic heterocycles. The van der Waals surface area contributed by atoms with Crippen LogP contribution in [0, 0.1) is 4.91 Å². The van der Waals surface area contributed by atoms with Crippen molar-refractivity contribution in [2.75, 3.05) is 6.54 Å². The summed E-state index contributed by atoms with van der Waals surface area (Å²) < 4.78 is 0. The molecule has 0 N–H and O–H groups in total. The van der Waals surface area contributed by atoms with Gasteiger partial charge in [-0.15, -0.1) is 6.58 Å². The van der Waals surface area contributed by atoms with Gasteiger partial charge in [0, 0.05) is 0 Å². The molecular formula is C11H21NO. The smallest absolute Gasteiger partial charge is 0.0811 e. The third-order valence-corrected chi connectivity index (χ3v) is 2.16. The Morgan fingerprint density at radius 2 is 1.46 bits per heavy atom. The standard InChI is InChI=1S/C11H21NO/c1-2-3-4-5-6-7-8-9-10-11-12-13/h2H,1,3-11H2. The van der Waals surface area contributed by atoms with Crippen LogP contribution < -0.4 is 0 Å². The van der Waals surface area contributed by atoms with E-state index < -0.39 is 0 Å². The van der Waals surface area contributed by atoms with E-state index in [4.69, 9.17) is 0 Å². The maximum Gasteiger partial charge on any atom is 0.0811 e. The van der Waals surface area contributed by atoms with Gasteiger partial charge in [-0.2, -0.15) is 4.91 Å². The zero-order valence-electron chi connectivity index (χ0n) is 8.50. The van der Waals surface area contributed by atoms with Crippen LogP contribution in [0.1, 0.15) is 51.4 Å². The third kappa shape index (κ3) is 11.3. The number of nitroso groups, excluding NO2 is 1. The summed E-state index contributed by atoms with van der Waals surface area (Å²) in [6, 6.07) is 0. The number of allylic oxidation sites excluding steroid dienone is 1. The van der Waals surface area contributed by atoms with E-state index in [1.165, 1.54) is 32.1 Å². The summed E-state index contributed by atoms with van der Waals surface area (Å²) in [7, 11) is 0. The van der Waals surface area contributed by atoms with E-state index in [2.05, 4.69) is 11.8 Å². The van der Waals surface area contributed by atoms with Crippen LogP contribution in [0.15, 0.2) is 17.8 Å². The molecule has 0 fully saturated rings. The minimum atomic E-state index is 0.496. The number of nitrogens with zero attached hydrogens (tertiary/aromatic N) is 1. The van der Waals surface area contributed by atoms with Gasteiger partial charge in [-0.1, -0.05) is 43.4 Å². The van der Waals surface area contributed by atoms with Crippen molar-refractivity contribution in [2.24, 2.45) is 5.18 Å². The summed E-state index contributed by atoms with van der Waals surface area (Å²) in [4.78, 5) is 9.75. The van der Waals surface area contributed by atoms with E-state index in [0.717, 1.165) is 19.3 Å². The second kappa shape index (κ2) is 11.3. The highest BCUT2D eigenvalue weighted by Gasteiger charge is 1.90. The van der Waals surface area contributed by atoms with Gasteiger partial charge in [0.1, 0.15) is 0 Å². The first-order chi connectivity index (χ1) is 6.41. The zero-order valence-corrected chi connectivity index (χ0v) is 8.50. The number of unbranched alkanes of at least 4 members (excludes halogenated alkanes) is 7. The molecule has 0 rings (SSSR count). The van der Waals surface area contributed by atoms with Crippen LogP contribution >= 0.6 is 0 Å². The van der Waals surface area contributed by atoms with Crippen molar-refractivity contribution in [1.82, 2.24) is 0 Å². The molecule has 0 bridgehead atoms. The number of hydrogen-bond donors (Lipinski definition) is 0. The Hall–Kier alpha value is -0.660. The highest BCUT2D eigenvalue weighted by atomic mass is 16.3. The van der Waals surface area contributed by atoms with E-state index in [0.29, 0.717) is 6.54 Å². The van der Waals surface area contributed by atoms with Crippen molar-refractivity contribution in [1.29, 1.82) is 0 Å². The molecule has 0 atom stereocenters. The van der Waals surface area contributed by atoms with Gasteiger partial charge in [0.25, 0.3) is 0 Å². The Morgan fingerprint density at radius 3 is 2.00 bits per heavy atom. The fourth-order valence-electron chi connectivity index (χ4n) is 1.35. The molecule has 0 heterocycles. The van der Waals surface area contributed by atoms with Gasteiger partial charge in [-0.25, -0.2) is 0 Å². The third-order valence-electron chi connectivity index (χ3n) is 2.16. The lowest BCUT2D eigenvalue weighted by Crippen LogP contribution is -1.82. The predicted octanol–water partition coefficient (Wildman–Crippen LogP) is 4.06. The molecule has 0 saturated heterocycles. The van der Waals surface area contributed by atoms with Gasteiger partial charge >= 0.3 is 0 Å². The van der Waals surface area contributed by atoms with Gasteiger partial charge in [0.2, 0.25) is 0 Å². The van der Waals surface area contributed by atoms with E-state index >= 15 is 0 Å². The van der Waals surface area contributed by atoms with Crippen LogP contribution in [0.25, 0.3) is 0 Å². The van der Waals surface area contributed by atoms with E-state index in [-0.39, 0.29) is 0 Å². The monoisotopic (exact) mass is 183 g/mol. The van der Waals surface area contributed by atoms with Crippen molar-refractivity contribution in [2.45, 2.75) is 51.4 Å². The summed E-state index contributed by atoms with van der Waals surface area (Å²) >= 11 is 0. The Balaban J connectivity index is 2.83. The van der Waals surface area contributed by atoms with Crippen molar-refractivity contribution in [3.05, 3.63) is 17.6 Å². The maximum absolute atomic E-state index is 9.75. The largest absolute Gasteiger partial charge is 0.151 e. The van der Waals surface area contributed by atoms with Crippen molar-refractivity contribution in [3.8, 4) is 0 Å². The molecule has 13 heavy (non-hydrogen) atoms. The van der Waals surface area contributed by atoms with Crippen molar-refractivity contribution in [3.63, 3.8) is 0 Å². The normalized spacial score (nSPS) is 9.85. The van der Waals surface area contributed by atoms with Crippen LogP contribution in [0.3, 0.4) is 0 Å². The molecule has 2 nitrogen and oxygen atoms in total. The molecule has 0 aromatic carbocycles. The molecule has 0 unspecified atom stereocenters. The maximum atomic E-state index is 9.75. The summed E-state index contributed by atoms with van der Waals surface area (Å²) in [6.45, 7) is 4.18. The lowest BCUT2D eigenvalue weighted by Gasteiger charge is -1.98. The quantitative estimate of drug-likeness (QED) is 0.285. The molecule has 0 aliphatic rings. The fourth-order valence-corrected chi connectivity index (χ4v) is 1.35. The van der Waals surface area contributed by atoms with Crippen molar-refractivity contribution < 1.29 is 0 Å². The van der Waals surface area contributed by atoms with Crippen LogP contribution in [-0.4, -0.2) is 6.54 Å². The van der Waals surface area contributed by atoms with E-state index in [1.54, 1.807) is 0 Å². The topological polar surface area (TPSA) is 29.4 Å². The van der Waals surface area contributed by atoms with Gasteiger partial charge in [-0.05, 0) is 19.3 Å². The highest BCUT2D eigenvalue weighted by molar-refractivity contribution is 4.65. The molecule has 0 aliphatic carbocycles. The molecule has 0 spiro atoms. The molecule has 0 aromatic heterocycles. The molecule has 76 valence electrons. The lowest BCUT2D eigenvalue weighted by atomic mass is 10.1. The van der Waals surface area contributed by atoms with Crippen LogP contribution in [0.4, 0.5) is 0 Å². The van der Waals surface area contributed by atoms with Crippen LogP contribution in [-0.2, 0) is 0 Å². The highest BCUT2D eigenvalue weighted by Crippen LogP contribution is 2.08. The van der Waals surface area contributed by atoms with E-state index in [1.807, 2.05) is 6.08 Å². The number of rotatable bonds is 10. The molecule has 2 heteroatoms. The number of hydrogen-bond acceptors (Lipinski definition) is 2. The zero-order chi connectivity index (χ0) is 9.78. The second-order valence-corrected chi connectivity index (χ2v) is 3.40. The van der Waals surface area contributed by atoms with Gasteiger partial charge < -0.3 is 0 Å². The first-order valence-corrected chi connectivity index (χ1v) is 5.32. The second-order valence-electron chi connectivity index (χ2n) is 3.40. The first kappa shape index (κ1) is 12.3. The molecule has 0 radical (unpaired) electrons. The lowest BCUT2D eigenvalue weighted by molar-refractivity contribution is 0.584. The minimum Gasteiger partial charge on any atom is -0.151 e. The molecular weight excluding hydrogens is 162 g/mol. The van der Waals surface area contributed by atoms with Crippen LogP contribution in [0.5, 0.6) is 0 Å². The Bertz CT molecular complexity index is 109. The first-order valence-electron chi connectivity index (χ1n) is 5.32. The average molecular weight is 183 g/mol. The minimum absolute atomic E-state index is 0.496. The molecule has 0 amide bonds. The Morgan fingerprint density at radius 1 is 0.923 bits per heavy atom.